The van der Waals surface area contributed by atoms with Crippen LogP contribution in [0.15, 0.2) is 18.2 Å². The molecule has 1 aromatic rings. The van der Waals surface area contributed by atoms with Crippen molar-refractivity contribution in [3.8, 4) is 0 Å². The van der Waals surface area contributed by atoms with Crippen LogP contribution in [0.3, 0.4) is 0 Å². The summed E-state index contributed by atoms with van der Waals surface area (Å²) in [5, 5.41) is 13.8. The molecule has 1 N–H and O–H groups in total. The van der Waals surface area contributed by atoms with Gasteiger partial charge in [0.05, 0.1) is 18.1 Å². The van der Waals surface area contributed by atoms with Crippen LogP contribution in [-0.4, -0.2) is 24.1 Å². The molecule has 2 aliphatic heterocycles. The normalized spacial score (nSPS) is 30.4. The molecule has 1 aromatic carbocycles. The van der Waals surface area contributed by atoms with Crippen LogP contribution in [0.4, 0.5) is 10.1 Å². The predicted molar refractivity (Wildman–Crippen MR) is 69.6 cm³/mol. The topological polar surface area (TPSA) is 78.5 Å². The highest BCUT2D eigenvalue weighted by atomic mass is 19.1. The summed E-state index contributed by atoms with van der Waals surface area (Å²) in [6, 6.07) is 4.35. The minimum atomic E-state index is -1.27. The molecule has 0 saturated carbocycles. The number of fused-ring (bicyclic) bond motifs is 2. The highest BCUT2D eigenvalue weighted by Crippen LogP contribution is 2.43. The fourth-order valence-corrected chi connectivity index (χ4v) is 3.21. The van der Waals surface area contributed by atoms with Crippen molar-refractivity contribution in [1.29, 1.82) is 0 Å². The lowest BCUT2D eigenvalue weighted by Gasteiger charge is -2.27. The molecule has 3 rings (SSSR count). The maximum absolute atomic E-state index is 13.5. The zero-order valence-corrected chi connectivity index (χ0v) is 11.5. The molecule has 6 heteroatoms. The molecule has 0 aliphatic carbocycles. The quantitative estimate of drug-likeness (QED) is 0.885. The lowest BCUT2D eigenvalue weighted by atomic mass is 9.78. The largest absolute Gasteiger partial charge is 0.550 e. The van der Waals surface area contributed by atoms with Crippen LogP contribution in [0, 0.1) is 24.6 Å². The van der Waals surface area contributed by atoms with Crippen molar-refractivity contribution >= 4 is 17.6 Å². The molecular formula is C15H15FNO4-. The third kappa shape index (κ3) is 2.40. The number of halogens is 1. The summed E-state index contributed by atoms with van der Waals surface area (Å²) in [7, 11) is 0. The van der Waals surface area contributed by atoms with Gasteiger partial charge in [-0.3, -0.25) is 4.79 Å². The fourth-order valence-electron chi connectivity index (χ4n) is 3.21. The van der Waals surface area contributed by atoms with Crippen LogP contribution in [0.1, 0.15) is 18.4 Å². The lowest BCUT2D eigenvalue weighted by molar-refractivity contribution is -0.313. The van der Waals surface area contributed by atoms with Crippen LogP contribution < -0.4 is 10.4 Å². The van der Waals surface area contributed by atoms with E-state index in [0.29, 0.717) is 24.1 Å². The second kappa shape index (κ2) is 5.11. The van der Waals surface area contributed by atoms with E-state index in [1.165, 1.54) is 6.07 Å². The standard InChI is InChI=1S/C15H16FNO4/c1-7-2-3-8(6-9(7)16)17-14(18)12-10-4-5-11(21-10)13(12)15(19)20/h2-3,6,10-13H,4-5H2,1H3,(H,17,18)(H,19,20)/p-1/t10-,11+,12+,13+/m1/s1. The maximum Gasteiger partial charge on any atom is 0.230 e. The third-order valence-electron chi connectivity index (χ3n) is 4.29. The zero-order valence-electron chi connectivity index (χ0n) is 11.5. The molecule has 0 unspecified atom stereocenters. The summed E-state index contributed by atoms with van der Waals surface area (Å²) in [6.07, 6.45) is 0.444. The molecule has 21 heavy (non-hydrogen) atoms. The SMILES string of the molecule is Cc1ccc(NC(=O)[C@@H]2[C@@H](C(=O)[O-])[C@@H]3CC[C@H]2O3)cc1F. The summed E-state index contributed by atoms with van der Waals surface area (Å²) >= 11 is 0. The van der Waals surface area contributed by atoms with Gasteiger partial charge in [0, 0.05) is 17.6 Å². The number of rotatable bonds is 3. The molecular weight excluding hydrogens is 277 g/mol. The molecule has 112 valence electrons. The molecule has 2 aliphatic rings. The second-order valence-corrected chi connectivity index (χ2v) is 5.61. The van der Waals surface area contributed by atoms with Crippen molar-refractivity contribution in [2.45, 2.75) is 32.0 Å². The Morgan fingerprint density at radius 3 is 2.57 bits per heavy atom. The van der Waals surface area contributed by atoms with Crippen molar-refractivity contribution in [3.63, 3.8) is 0 Å². The van der Waals surface area contributed by atoms with Gasteiger partial charge < -0.3 is 20.0 Å². The summed E-state index contributed by atoms with van der Waals surface area (Å²) in [6.45, 7) is 1.62. The molecule has 4 atom stereocenters. The molecule has 2 heterocycles. The zero-order chi connectivity index (χ0) is 15.1. The Labute approximate surface area is 121 Å². The molecule has 2 fully saturated rings. The summed E-state index contributed by atoms with van der Waals surface area (Å²) in [5.41, 5.74) is 0.784. The second-order valence-electron chi connectivity index (χ2n) is 5.61. The van der Waals surface area contributed by atoms with E-state index in [9.17, 15) is 19.1 Å². The monoisotopic (exact) mass is 292 g/mol. The van der Waals surface area contributed by atoms with Gasteiger partial charge in [-0.05, 0) is 37.5 Å². The third-order valence-corrected chi connectivity index (χ3v) is 4.29. The fraction of sp³-hybridized carbons (Fsp3) is 0.467. The van der Waals surface area contributed by atoms with Crippen molar-refractivity contribution in [2.75, 3.05) is 5.32 Å². The Morgan fingerprint density at radius 2 is 1.95 bits per heavy atom. The number of aliphatic carboxylic acids is 1. The number of carboxylic acid groups (broad SMARTS) is 1. The number of hydrogen-bond acceptors (Lipinski definition) is 4. The summed E-state index contributed by atoms with van der Waals surface area (Å²) in [5.74, 6) is -3.86. The first-order valence-corrected chi connectivity index (χ1v) is 6.90. The number of carboxylic acids is 1. The molecule has 1 amide bonds. The van der Waals surface area contributed by atoms with E-state index < -0.39 is 41.7 Å². The van der Waals surface area contributed by atoms with E-state index in [4.69, 9.17) is 4.74 Å². The van der Waals surface area contributed by atoms with Gasteiger partial charge in [-0.1, -0.05) is 6.07 Å². The van der Waals surface area contributed by atoms with Gasteiger partial charge in [-0.2, -0.15) is 0 Å². The van der Waals surface area contributed by atoms with Gasteiger partial charge in [0.2, 0.25) is 5.91 Å². The highest BCUT2D eigenvalue weighted by molar-refractivity contribution is 5.96. The van der Waals surface area contributed by atoms with Crippen molar-refractivity contribution in [3.05, 3.63) is 29.6 Å². The molecule has 0 aromatic heterocycles. The lowest BCUT2D eigenvalue weighted by Crippen LogP contribution is -2.46. The Morgan fingerprint density at radius 1 is 1.29 bits per heavy atom. The van der Waals surface area contributed by atoms with Crippen LogP contribution in [0.5, 0.6) is 0 Å². The Bertz CT molecular complexity index is 603. The van der Waals surface area contributed by atoms with E-state index in [2.05, 4.69) is 5.32 Å². The number of carbonyl (C=O) groups excluding carboxylic acids is 2. The van der Waals surface area contributed by atoms with Crippen molar-refractivity contribution in [1.82, 2.24) is 0 Å². The maximum atomic E-state index is 13.5. The van der Waals surface area contributed by atoms with Crippen LogP contribution >= 0.6 is 0 Å². The predicted octanol–water partition coefficient (Wildman–Crippen LogP) is 0.616. The minimum Gasteiger partial charge on any atom is -0.550 e. The number of ether oxygens (including phenoxy) is 1. The Balaban J connectivity index is 1.78. The first kappa shape index (κ1) is 14.0. The average Bonchev–Trinajstić information content (AvgIpc) is 3.03. The van der Waals surface area contributed by atoms with Gasteiger partial charge in [0.1, 0.15) is 5.82 Å². The molecule has 0 radical (unpaired) electrons. The molecule has 5 nitrogen and oxygen atoms in total. The van der Waals surface area contributed by atoms with E-state index >= 15 is 0 Å². The van der Waals surface area contributed by atoms with Gasteiger partial charge >= 0.3 is 0 Å². The van der Waals surface area contributed by atoms with Crippen molar-refractivity contribution in [2.24, 2.45) is 11.8 Å². The molecule has 2 bridgehead atoms. The van der Waals surface area contributed by atoms with Gasteiger partial charge in [-0.15, -0.1) is 0 Å². The number of hydrogen-bond donors (Lipinski definition) is 1. The first-order chi connectivity index (χ1) is 9.97. The van der Waals surface area contributed by atoms with E-state index in [-0.39, 0.29) is 0 Å². The van der Waals surface area contributed by atoms with Crippen LogP contribution in [-0.2, 0) is 14.3 Å². The summed E-state index contributed by atoms with van der Waals surface area (Å²) in [4.78, 5) is 23.5. The number of carbonyl (C=O) groups is 2. The van der Waals surface area contributed by atoms with Crippen LogP contribution in [0.25, 0.3) is 0 Å². The average molecular weight is 292 g/mol. The number of nitrogens with one attached hydrogen (secondary N) is 1. The number of benzene rings is 1. The number of aryl methyl sites for hydroxylation is 1. The minimum absolute atomic E-state index is 0.308. The van der Waals surface area contributed by atoms with Gasteiger partial charge in [0.15, 0.2) is 0 Å². The molecule has 0 spiro atoms. The van der Waals surface area contributed by atoms with E-state index in [0.717, 1.165) is 0 Å². The van der Waals surface area contributed by atoms with Crippen LogP contribution in [0.2, 0.25) is 0 Å². The Kier molecular flexibility index (Phi) is 3.41. The van der Waals surface area contributed by atoms with Gasteiger partial charge in [-0.25, -0.2) is 4.39 Å². The van der Waals surface area contributed by atoms with Crippen molar-refractivity contribution < 1.29 is 23.8 Å². The van der Waals surface area contributed by atoms with E-state index in [1.807, 2.05) is 0 Å². The summed E-state index contributed by atoms with van der Waals surface area (Å²) < 4.78 is 19.0. The number of anilines is 1. The smallest absolute Gasteiger partial charge is 0.230 e. The van der Waals surface area contributed by atoms with E-state index in [1.54, 1.807) is 19.1 Å². The Hall–Kier alpha value is -1.95. The number of amides is 1. The molecule has 2 saturated heterocycles. The highest BCUT2D eigenvalue weighted by Gasteiger charge is 2.52. The van der Waals surface area contributed by atoms with Gasteiger partial charge in [0.25, 0.3) is 0 Å². The first-order valence-electron chi connectivity index (χ1n) is 6.90.